The first-order chi connectivity index (χ1) is 8.08. The fraction of sp³-hybridized carbons (Fsp3) is 0.545. The number of nitrogens with zero attached hydrogens (tertiary/aromatic N) is 2. The molecule has 0 aliphatic carbocycles. The number of aliphatic carboxylic acids is 1. The van der Waals surface area contributed by atoms with Gasteiger partial charge in [-0.15, -0.1) is 0 Å². The predicted molar refractivity (Wildman–Crippen MR) is 66.2 cm³/mol. The molecule has 6 nitrogen and oxygen atoms in total. The van der Waals surface area contributed by atoms with Crippen LogP contribution in [0.5, 0.6) is 0 Å². The van der Waals surface area contributed by atoms with Gasteiger partial charge in [-0.3, -0.25) is 4.79 Å². The summed E-state index contributed by atoms with van der Waals surface area (Å²) >= 11 is 0. The van der Waals surface area contributed by atoms with E-state index >= 15 is 0 Å². The van der Waals surface area contributed by atoms with Gasteiger partial charge in [0.1, 0.15) is 18.0 Å². The third-order valence-electron chi connectivity index (χ3n) is 1.98. The van der Waals surface area contributed by atoms with E-state index in [4.69, 9.17) is 5.11 Å². The van der Waals surface area contributed by atoms with Crippen LogP contribution < -0.4 is 10.6 Å². The average Bonchev–Trinajstić information content (AvgIpc) is 2.24. The van der Waals surface area contributed by atoms with Gasteiger partial charge < -0.3 is 15.7 Å². The number of carbonyl (C=O) groups is 1. The first-order valence-electron chi connectivity index (χ1n) is 5.62. The van der Waals surface area contributed by atoms with Crippen LogP contribution in [0.25, 0.3) is 0 Å². The van der Waals surface area contributed by atoms with E-state index in [2.05, 4.69) is 20.6 Å². The Bertz CT molecular complexity index is 368. The first kappa shape index (κ1) is 13.2. The second-order valence-corrected chi connectivity index (χ2v) is 4.01. The third-order valence-corrected chi connectivity index (χ3v) is 1.98. The molecule has 0 atom stereocenters. The van der Waals surface area contributed by atoms with Crippen molar-refractivity contribution in [2.24, 2.45) is 0 Å². The molecule has 0 radical (unpaired) electrons. The highest BCUT2D eigenvalue weighted by molar-refractivity contribution is 5.66. The SMILES string of the molecule is CC(C)Nc1cc(NCCCC(=O)O)ncn1. The second-order valence-electron chi connectivity index (χ2n) is 4.01. The van der Waals surface area contributed by atoms with E-state index in [1.54, 1.807) is 6.07 Å². The Kier molecular flexibility index (Phi) is 5.19. The smallest absolute Gasteiger partial charge is 0.303 e. The summed E-state index contributed by atoms with van der Waals surface area (Å²) < 4.78 is 0. The molecular weight excluding hydrogens is 220 g/mol. The zero-order chi connectivity index (χ0) is 12.7. The number of nitrogens with one attached hydrogen (secondary N) is 2. The maximum Gasteiger partial charge on any atom is 0.303 e. The van der Waals surface area contributed by atoms with Crippen molar-refractivity contribution in [1.82, 2.24) is 9.97 Å². The molecule has 6 heteroatoms. The zero-order valence-electron chi connectivity index (χ0n) is 10.1. The Morgan fingerprint density at radius 2 is 2.12 bits per heavy atom. The van der Waals surface area contributed by atoms with Crippen LogP contribution in [0.15, 0.2) is 12.4 Å². The van der Waals surface area contributed by atoms with Crippen molar-refractivity contribution in [3.8, 4) is 0 Å². The van der Waals surface area contributed by atoms with Crippen molar-refractivity contribution in [3.63, 3.8) is 0 Å². The van der Waals surface area contributed by atoms with Crippen molar-refractivity contribution in [1.29, 1.82) is 0 Å². The van der Waals surface area contributed by atoms with Crippen LogP contribution in [-0.4, -0.2) is 33.6 Å². The van der Waals surface area contributed by atoms with Gasteiger partial charge in [-0.05, 0) is 20.3 Å². The van der Waals surface area contributed by atoms with Crippen molar-refractivity contribution in [3.05, 3.63) is 12.4 Å². The zero-order valence-corrected chi connectivity index (χ0v) is 10.1. The second kappa shape index (κ2) is 6.67. The molecule has 1 aromatic rings. The van der Waals surface area contributed by atoms with Crippen molar-refractivity contribution >= 4 is 17.6 Å². The molecule has 1 aromatic heterocycles. The Morgan fingerprint density at radius 1 is 1.41 bits per heavy atom. The molecule has 0 spiro atoms. The highest BCUT2D eigenvalue weighted by Gasteiger charge is 2.00. The summed E-state index contributed by atoms with van der Waals surface area (Å²) in [7, 11) is 0. The van der Waals surface area contributed by atoms with Gasteiger partial charge in [-0.1, -0.05) is 0 Å². The fourth-order valence-electron chi connectivity index (χ4n) is 1.28. The molecule has 17 heavy (non-hydrogen) atoms. The fourth-order valence-corrected chi connectivity index (χ4v) is 1.28. The van der Waals surface area contributed by atoms with Gasteiger partial charge in [0, 0.05) is 25.1 Å². The van der Waals surface area contributed by atoms with Gasteiger partial charge in [0.25, 0.3) is 0 Å². The first-order valence-corrected chi connectivity index (χ1v) is 5.62. The average molecular weight is 238 g/mol. The molecule has 1 rings (SSSR count). The lowest BCUT2D eigenvalue weighted by Crippen LogP contribution is -2.12. The number of carboxylic acids is 1. The van der Waals surface area contributed by atoms with E-state index in [-0.39, 0.29) is 6.42 Å². The van der Waals surface area contributed by atoms with Gasteiger partial charge in [0.05, 0.1) is 0 Å². The van der Waals surface area contributed by atoms with E-state index in [0.717, 1.165) is 5.82 Å². The summed E-state index contributed by atoms with van der Waals surface area (Å²) in [6.45, 7) is 4.65. The van der Waals surface area contributed by atoms with Gasteiger partial charge in [-0.2, -0.15) is 0 Å². The molecule has 0 aliphatic rings. The maximum absolute atomic E-state index is 10.3. The number of anilines is 2. The molecule has 0 unspecified atom stereocenters. The molecule has 3 N–H and O–H groups in total. The molecule has 0 aromatic carbocycles. The standard InChI is InChI=1S/C11H18N4O2/c1-8(2)15-10-6-9(13-7-14-10)12-5-3-4-11(16)17/h6-8H,3-5H2,1-2H3,(H,16,17)(H2,12,13,14,15). The van der Waals surface area contributed by atoms with Crippen LogP contribution in [0.2, 0.25) is 0 Å². The lowest BCUT2D eigenvalue weighted by atomic mass is 10.3. The van der Waals surface area contributed by atoms with E-state index in [0.29, 0.717) is 24.8 Å². The number of aromatic nitrogens is 2. The van der Waals surface area contributed by atoms with E-state index in [1.165, 1.54) is 6.33 Å². The predicted octanol–water partition coefficient (Wildman–Crippen LogP) is 1.57. The molecule has 0 saturated carbocycles. The van der Waals surface area contributed by atoms with Gasteiger partial charge in [0.15, 0.2) is 0 Å². The van der Waals surface area contributed by atoms with Crippen LogP contribution in [-0.2, 0) is 4.79 Å². The molecular formula is C11H18N4O2. The van der Waals surface area contributed by atoms with E-state index in [9.17, 15) is 4.79 Å². The van der Waals surface area contributed by atoms with Crippen molar-refractivity contribution in [2.75, 3.05) is 17.2 Å². The summed E-state index contributed by atoms with van der Waals surface area (Å²) in [5, 5.41) is 14.7. The summed E-state index contributed by atoms with van der Waals surface area (Å²) in [5.41, 5.74) is 0. The lowest BCUT2D eigenvalue weighted by Gasteiger charge is -2.10. The summed E-state index contributed by atoms with van der Waals surface area (Å²) in [6, 6.07) is 2.12. The highest BCUT2D eigenvalue weighted by atomic mass is 16.4. The summed E-state index contributed by atoms with van der Waals surface area (Å²) in [6.07, 6.45) is 2.21. The molecule has 94 valence electrons. The summed E-state index contributed by atoms with van der Waals surface area (Å²) in [4.78, 5) is 18.5. The molecule has 0 fully saturated rings. The minimum atomic E-state index is -0.781. The van der Waals surface area contributed by atoms with Gasteiger partial charge >= 0.3 is 5.97 Å². The maximum atomic E-state index is 10.3. The molecule has 1 heterocycles. The number of hydrogen-bond donors (Lipinski definition) is 3. The normalized spacial score (nSPS) is 10.3. The van der Waals surface area contributed by atoms with Crippen LogP contribution in [0.4, 0.5) is 11.6 Å². The van der Waals surface area contributed by atoms with E-state index in [1.807, 2.05) is 13.8 Å². The largest absolute Gasteiger partial charge is 0.481 e. The Hall–Kier alpha value is -1.85. The summed E-state index contributed by atoms with van der Waals surface area (Å²) in [5.74, 6) is 0.681. The van der Waals surface area contributed by atoms with Crippen LogP contribution >= 0.6 is 0 Å². The minimum absolute atomic E-state index is 0.162. The number of rotatable bonds is 7. The monoisotopic (exact) mass is 238 g/mol. The van der Waals surface area contributed by atoms with Crippen LogP contribution in [0.1, 0.15) is 26.7 Å². The minimum Gasteiger partial charge on any atom is -0.481 e. The molecule has 0 aliphatic heterocycles. The Morgan fingerprint density at radius 3 is 2.76 bits per heavy atom. The van der Waals surface area contributed by atoms with Crippen molar-refractivity contribution in [2.45, 2.75) is 32.7 Å². The third kappa shape index (κ3) is 5.70. The number of carboxylic acid groups (broad SMARTS) is 1. The molecule has 0 bridgehead atoms. The quantitative estimate of drug-likeness (QED) is 0.625. The topological polar surface area (TPSA) is 87.1 Å². The Balaban J connectivity index is 2.40. The van der Waals surface area contributed by atoms with Crippen molar-refractivity contribution < 1.29 is 9.90 Å². The van der Waals surface area contributed by atoms with Crippen LogP contribution in [0, 0.1) is 0 Å². The van der Waals surface area contributed by atoms with Crippen LogP contribution in [0.3, 0.4) is 0 Å². The molecule has 0 amide bonds. The molecule has 0 saturated heterocycles. The Labute approximate surface area is 100 Å². The van der Waals surface area contributed by atoms with Gasteiger partial charge in [0.2, 0.25) is 0 Å². The van der Waals surface area contributed by atoms with E-state index < -0.39 is 5.97 Å². The lowest BCUT2D eigenvalue weighted by molar-refractivity contribution is -0.137. The highest BCUT2D eigenvalue weighted by Crippen LogP contribution is 2.09. The van der Waals surface area contributed by atoms with Gasteiger partial charge in [-0.25, -0.2) is 9.97 Å². The number of hydrogen-bond acceptors (Lipinski definition) is 5.